The van der Waals surface area contributed by atoms with Crippen molar-refractivity contribution in [3.05, 3.63) is 70.6 Å². The number of benzene rings is 1. The topological polar surface area (TPSA) is 94.9 Å². The van der Waals surface area contributed by atoms with Crippen molar-refractivity contribution >= 4 is 27.9 Å². The maximum absolute atomic E-state index is 13.6. The van der Waals surface area contributed by atoms with Gasteiger partial charge in [-0.2, -0.15) is 0 Å². The third-order valence-electron chi connectivity index (χ3n) is 6.12. The lowest BCUT2D eigenvalue weighted by atomic mass is 10.1. The number of piperidine rings is 1. The van der Waals surface area contributed by atoms with Crippen molar-refractivity contribution in [2.24, 2.45) is 5.73 Å². The van der Waals surface area contributed by atoms with Crippen molar-refractivity contribution in [1.82, 2.24) is 24.1 Å². The number of imidazole rings is 1. The van der Waals surface area contributed by atoms with Gasteiger partial charge in [-0.1, -0.05) is 29.8 Å². The fraction of sp³-hybridized carbons (Fsp3) is 0.360. The van der Waals surface area contributed by atoms with Crippen molar-refractivity contribution in [3.63, 3.8) is 0 Å². The van der Waals surface area contributed by atoms with E-state index in [1.165, 1.54) is 5.57 Å². The van der Waals surface area contributed by atoms with E-state index in [9.17, 15) is 4.79 Å². The number of allylic oxidation sites excluding steroid dienone is 2. The molecule has 8 heteroatoms. The molecule has 1 unspecified atom stereocenters. The zero-order valence-corrected chi connectivity index (χ0v) is 19.1. The van der Waals surface area contributed by atoms with Crippen LogP contribution >= 0.6 is 0 Å². The molecule has 0 spiro atoms. The molecule has 33 heavy (non-hydrogen) atoms. The molecule has 8 nitrogen and oxygen atoms in total. The Morgan fingerprint density at radius 3 is 2.85 bits per heavy atom. The Kier molecular flexibility index (Phi) is 5.68. The molecule has 0 bridgehead atoms. The highest BCUT2D eigenvalue weighted by molar-refractivity contribution is 5.78. The number of hydrogen-bond acceptors (Lipinski definition) is 6. The second-order valence-electron chi connectivity index (χ2n) is 8.98. The summed E-state index contributed by atoms with van der Waals surface area (Å²) >= 11 is 0. The van der Waals surface area contributed by atoms with E-state index in [0.29, 0.717) is 29.9 Å². The van der Waals surface area contributed by atoms with Gasteiger partial charge in [0.05, 0.1) is 17.6 Å². The van der Waals surface area contributed by atoms with Crippen LogP contribution in [0.4, 0.5) is 5.95 Å². The molecule has 4 heterocycles. The van der Waals surface area contributed by atoms with Crippen molar-refractivity contribution in [1.29, 1.82) is 0 Å². The Morgan fingerprint density at radius 1 is 1.18 bits per heavy atom. The van der Waals surface area contributed by atoms with Crippen LogP contribution in [0.1, 0.15) is 32.5 Å². The summed E-state index contributed by atoms with van der Waals surface area (Å²) in [6.07, 6.45) is 7.75. The average Bonchev–Trinajstić information content (AvgIpc) is 3.19. The third kappa shape index (κ3) is 4.26. The van der Waals surface area contributed by atoms with E-state index < -0.39 is 0 Å². The fourth-order valence-electron chi connectivity index (χ4n) is 4.41. The number of aromatic nitrogens is 5. The molecule has 4 aromatic rings. The largest absolute Gasteiger partial charge is 0.341 e. The Hall–Kier alpha value is -3.52. The van der Waals surface area contributed by atoms with Gasteiger partial charge in [-0.15, -0.1) is 0 Å². The molecule has 0 radical (unpaired) electrons. The maximum Gasteiger partial charge on any atom is 0.277 e. The first-order valence-electron chi connectivity index (χ1n) is 11.4. The summed E-state index contributed by atoms with van der Waals surface area (Å²) in [6, 6.07) is 9.88. The Balaban J connectivity index is 1.58. The van der Waals surface area contributed by atoms with Crippen molar-refractivity contribution in [2.45, 2.75) is 45.8 Å². The minimum absolute atomic E-state index is 0.0912. The summed E-state index contributed by atoms with van der Waals surface area (Å²) in [5, 5.41) is 0.980. The number of pyridine rings is 1. The highest BCUT2D eigenvalue weighted by atomic mass is 16.1. The summed E-state index contributed by atoms with van der Waals surface area (Å²) < 4.78 is 3.69. The fourth-order valence-corrected chi connectivity index (χ4v) is 4.41. The maximum atomic E-state index is 13.6. The molecule has 1 aliphatic heterocycles. The van der Waals surface area contributed by atoms with Gasteiger partial charge in [-0.3, -0.25) is 4.79 Å². The van der Waals surface area contributed by atoms with Crippen LogP contribution in [0.5, 0.6) is 0 Å². The molecule has 3 aromatic heterocycles. The SMILES string of the molecule is CC(C)=CCn1c(N2CCCC(N)C2)nc2ccn(Cc3ncc4ccccc4n3)c(=O)c21. The van der Waals surface area contributed by atoms with Gasteiger partial charge in [-0.05, 0) is 38.8 Å². The lowest BCUT2D eigenvalue weighted by Gasteiger charge is -2.31. The standard InChI is InChI=1S/C25H29N7O/c1-17(2)9-13-32-23-21(29-25(32)31-11-5-7-19(26)15-31)10-12-30(24(23)33)16-22-27-14-18-6-3-4-8-20(18)28-22/h3-4,6,8-10,12,14,19H,5,7,11,13,15-16,26H2,1-2H3. The monoisotopic (exact) mass is 443 g/mol. The summed E-state index contributed by atoms with van der Waals surface area (Å²) in [6.45, 7) is 6.65. The quantitative estimate of drug-likeness (QED) is 0.476. The first-order valence-corrected chi connectivity index (χ1v) is 11.4. The van der Waals surface area contributed by atoms with Crippen LogP contribution in [0, 0.1) is 0 Å². The Bertz CT molecular complexity index is 1400. The van der Waals surface area contributed by atoms with Gasteiger partial charge < -0.3 is 19.8 Å². The third-order valence-corrected chi connectivity index (χ3v) is 6.12. The van der Waals surface area contributed by atoms with Gasteiger partial charge in [-0.25, -0.2) is 15.0 Å². The van der Waals surface area contributed by atoms with E-state index in [1.54, 1.807) is 17.0 Å². The van der Waals surface area contributed by atoms with Crippen LogP contribution in [0.15, 0.2) is 59.2 Å². The Labute approximate surface area is 192 Å². The van der Waals surface area contributed by atoms with Gasteiger partial charge in [0.1, 0.15) is 11.3 Å². The molecule has 1 fully saturated rings. The zero-order valence-electron chi connectivity index (χ0n) is 19.1. The van der Waals surface area contributed by atoms with Gasteiger partial charge >= 0.3 is 0 Å². The molecular formula is C25H29N7O. The van der Waals surface area contributed by atoms with Gasteiger partial charge in [0, 0.05) is 43.5 Å². The summed E-state index contributed by atoms with van der Waals surface area (Å²) in [4.78, 5) is 29.8. The van der Waals surface area contributed by atoms with Crippen LogP contribution < -0.4 is 16.2 Å². The van der Waals surface area contributed by atoms with E-state index in [-0.39, 0.29) is 11.6 Å². The molecule has 1 aliphatic rings. The number of para-hydroxylation sites is 1. The number of anilines is 1. The van der Waals surface area contributed by atoms with Crippen molar-refractivity contribution in [2.75, 3.05) is 18.0 Å². The lowest BCUT2D eigenvalue weighted by molar-refractivity contribution is 0.495. The van der Waals surface area contributed by atoms with Gasteiger partial charge in [0.15, 0.2) is 0 Å². The highest BCUT2D eigenvalue weighted by Crippen LogP contribution is 2.24. The highest BCUT2D eigenvalue weighted by Gasteiger charge is 2.24. The van der Waals surface area contributed by atoms with Gasteiger partial charge in [0.25, 0.3) is 5.56 Å². The number of rotatable bonds is 5. The van der Waals surface area contributed by atoms with Crippen LogP contribution in [0.3, 0.4) is 0 Å². The molecule has 0 saturated carbocycles. The van der Waals surface area contributed by atoms with Crippen LogP contribution in [0.2, 0.25) is 0 Å². The molecular weight excluding hydrogens is 414 g/mol. The summed E-state index contributed by atoms with van der Waals surface area (Å²) in [5.41, 5.74) is 9.51. The Morgan fingerprint density at radius 2 is 2.03 bits per heavy atom. The number of hydrogen-bond donors (Lipinski definition) is 1. The molecule has 0 amide bonds. The van der Waals surface area contributed by atoms with Crippen molar-refractivity contribution in [3.8, 4) is 0 Å². The van der Waals surface area contributed by atoms with E-state index >= 15 is 0 Å². The molecule has 2 N–H and O–H groups in total. The second-order valence-corrected chi connectivity index (χ2v) is 8.98. The predicted octanol–water partition coefficient (Wildman–Crippen LogP) is 3.08. The van der Waals surface area contributed by atoms with E-state index in [1.807, 2.05) is 34.9 Å². The molecule has 5 rings (SSSR count). The molecule has 1 aromatic carbocycles. The zero-order chi connectivity index (χ0) is 22.9. The number of nitrogens with two attached hydrogens (primary N) is 1. The van der Waals surface area contributed by atoms with Crippen LogP contribution in [0.25, 0.3) is 21.9 Å². The first-order chi connectivity index (χ1) is 16.0. The smallest absolute Gasteiger partial charge is 0.277 e. The van der Waals surface area contributed by atoms with E-state index in [2.05, 4.69) is 34.8 Å². The predicted molar refractivity (Wildman–Crippen MR) is 131 cm³/mol. The van der Waals surface area contributed by atoms with Crippen molar-refractivity contribution < 1.29 is 0 Å². The summed E-state index contributed by atoms with van der Waals surface area (Å²) in [5.74, 6) is 1.42. The van der Waals surface area contributed by atoms with Gasteiger partial charge in [0.2, 0.25) is 5.95 Å². The molecule has 1 atom stereocenters. The minimum Gasteiger partial charge on any atom is -0.341 e. The molecule has 170 valence electrons. The van der Waals surface area contributed by atoms with Crippen LogP contribution in [-0.4, -0.2) is 43.2 Å². The average molecular weight is 444 g/mol. The second kappa shape index (κ2) is 8.78. The molecule has 0 aliphatic carbocycles. The number of nitrogens with zero attached hydrogens (tertiary/aromatic N) is 6. The lowest BCUT2D eigenvalue weighted by Crippen LogP contribution is -2.44. The number of fused-ring (bicyclic) bond motifs is 2. The summed E-state index contributed by atoms with van der Waals surface area (Å²) in [7, 11) is 0. The van der Waals surface area contributed by atoms with E-state index in [0.717, 1.165) is 42.8 Å². The molecule has 1 saturated heterocycles. The minimum atomic E-state index is -0.0912. The normalized spacial score (nSPS) is 16.5. The van der Waals surface area contributed by atoms with E-state index in [4.69, 9.17) is 10.7 Å². The van der Waals surface area contributed by atoms with Crippen LogP contribution in [-0.2, 0) is 13.1 Å². The first kappa shape index (κ1) is 21.3.